The number of ether oxygens (including phenoxy) is 1. The molecule has 0 spiro atoms. The number of methoxy groups -OCH3 is 1. The van der Waals surface area contributed by atoms with Crippen LogP contribution in [0.1, 0.15) is 32.7 Å². The Hall–Kier alpha value is -4.68. The third-order valence-electron chi connectivity index (χ3n) is 8.80. The lowest BCUT2D eigenvalue weighted by Crippen LogP contribution is -2.63. The van der Waals surface area contributed by atoms with Gasteiger partial charge in [0.25, 0.3) is 5.91 Å². The van der Waals surface area contributed by atoms with Gasteiger partial charge in [0.05, 0.1) is 24.3 Å². The van der Waals surface area contributed by atoms with Crippen LogP contribution in [0.4, 0.5) is 5.69 Å². The van der Waals surface area contributed by atoms with Crippen LogP contribution in [0.15, 0.2) is 53.0 Å². The second kappa shape index (κ2) is 10.2. The number of phenolic OH excluding ortho intramolecular Hbond substituents is 1. The summed E-state index contributed by atoms with van der Waals surface area (Å²) in [5.41, 5.74) is 3.68. The highest BCUT2D eigenvalue weighted by molar-refractivity contribution is 6.25. The number of hydrogen-bond donors (Lipinski definition) is 5. The Morgan fingerprint density at radius 3 is 2.21 bits per heavy atom. The zero-order chi connectivity index (χ0) is 31.7. The summed E-state index contributed by atoms with van der Waals surface area (Å²) in [5, 5.41) is 45.8. The van der Waals surface area contributed by atoms with Crippen LogP contribution in [-0.2, 0) is 20.7 Å². The number of nitrogens with zero attached hydrogens (tertiary/aromatic N) is 2. The van der Waals surface area contributed by atoms with Gasteiger partial charge in [-0.1, -0.05) is 12.1 Å². The minimum atomic E-state index is -2.72. The number of benzene rings is 2. The summed E-state index contributed by atoms with van der Waals surface area (Å²) in [6.07, 6.45) is 0.160. The summed E-state index contributed by atoms with van der Waals surface area (Å²) < 4.78 is 4.75. The molecule has 5 rings (SSSR count). The number of nitrogens with two attached hydrogens (primary N) is 1. The van der Waals surface area contributed by atoms with Gasteiger partial charge in [-0.15, -0.1) is 0 Å². The molecule has 0 saturated heterocycles. The number of carbonyl (C=O) groups is 4. The van der Waals surface area contributed by atoms with Crippen molar-refractivity contribution in [3.05, 3.63) is 69.7 Å². The van der Waals surface area contributed by atoms with Gasteiger partial charge in [0.2, 0.25) is 5.78 Å². The molecule has 0 bridgehead atoms. The highest BCUT2D eigenvalue weighted by Crippen LogP contribution is 2.54. The maximum Gasteiger partial charge on any atom is 0.337 e. The monoisotopic (exact) mass is 591 g/mol. The van der Waals surface area contributed by atoms with Crippen molar-refractivity contribution in [3.8, 4) is 16.9 Å². The van der Waals surface area contributed by atoms with Crippen molar-refractivity contribution in [2.24, 2.45) is 17.6 Å². The second-order valence-corrected chi connectivity index (χ2v) is 11.6. The fourth-order valence-corrected chi connectivity index (χ4v) is 6.82. The smallest absolute Gasteiger partial charge is 0.337 e. The first-order chi connectivity index (χ1) is 20.2. The number of Topliss-reactive ketones (excluding diaryl/α,β-unsaturated/α-hetero) is 2. The van der Waals surface area contributed by atoms with E-state index < -0.39 is 64.0 Å². The van der Waals surface area contributed by atoms with Crippen molar-refractivity contribution in [1.82, 2.24) is 4.90 Å². The van der Waals surface area contributed by atoms with E-state index in [4.69, 9.17) is 10.5 Å². The minimum absolute atomic E-state index is 0.00384. The molecule has 12 nitrogen and oxygen atoms in total. The lowest BCUT2D eigenvalue weighted by Gasteiger charge is -2.50. The van der Waals surface area contributed by atoms with Crippen LogP contribution in [0, 0.1) is 11.8 Å². The maximum atomic E-state index is 14.2. The average molecular weight is 592 g/mol. The normalized spacial score (nSPS) is 24.9. The number of hydrogen-bond acceptors (Lipinski definition) is 11. The van der Waals surface area contributed by atoms with Crippen molar-refractivity contribution in [3.63, 3.8) is 0 Å². The fraction of sp³-hybridized carbons (Fsp3) is 0.355. The predicted molar refractivity (Wildman–Crippen MR) is 155 cm³/mol. The first kappa shape index (κ1) is 29.8. The van der Waals surface area contributed by atoms with Crippen molar-refractivity contribution in [2.75, 3.05) is 40.2 Å². The zero-order valence-electron chi connectivity index (χ0n) is 24.3. The summed E-state index contributed by atoms with van der Waals surface area (Å²) in [6, 6.07) is 6.90. The van der Waals surface area contributed by atoms with Crippen molar-refractivity contribution in [1.29, 1.82) is 0 Å². The Morgan fingerprint density at radius 1 is 1.05 bits per heavy atom. The van der Waals surface area contributed by atoms with Gasteiger partial charge in [-0.25, -0.2) is 4.79 Å². The van der Waals surface area contributed by atoms with E-state index in [0.717, 1.165) is 0 Å². The second-order valence-electron chi connectivity index (χ2n) is 11.6. The Kier molecular flexibility index (Phi) is 7.10. The lowest BCUT2D eigenvalue weighted by atomic mass is 9.58. The molecule has 3 aliphatic carbocycles. The standard InChI is InChI=1S/C31H33N3O9/c1-33(2)19-12-16(13-6-8-14(9-7-13)30(41)43-5)24(35)21-17(19)10-15-11-18-23(34(3)4)26(37)22(29(32)40)28(39)31(18,42)27(38)20(15)25(21)36/h6-9,12,15,18,23,35,37-38,42H,10-11H2,1-5H3,(H2,32,40). The topological polar surface area (TPSA) is 191 Å². The molecule has 226 valence electrons. The molecule has 1 amide bonds. The highest BCUT2D eigenvalue weighted by atomic mass is 16.5. The summed E-state index contributed by atoms with van der Waals surface area (Å²) in [6.45, 7) is 0. The molecule has 6 N–H and O–H groups in total. The van der Waals surface area contributed by atoms with E-state index in [0.29, 0.717) is 22.4 Å². The quantitative estimate of drug-likeness (QED) is 0.251. The number of aromatic hydroxyl groups is 1. The number of aliphatic hydroxyl groups is 3. The number of fused-ring (bicyclic) bond motifs is 3. The fourth-order valence-electron chi connectivity index (χ4n) is 6.82. The first-order valence-electron chi connectivity index (χ1n) is 13.6. The van der Waals surface area contributed by atoms with Crippen LogP contribution in [-0.4, -0.2) is 95.7 Å². The summed E-state index contributed by atoms with van der Waals surface area (Å²) in [4.78, 5) is 55.1. The van der Waals surface area contributed by atoms with Crippen LogP contribution in [0.25, 0.3) is 11.1 Å². The molecule has 0 fully saturated rings. The lowest BCUT2D eigenvalue weighted by molar-refractivity contribution is -0.148. The number of esters is 1. The van der Waals surface area contributed by atoms with E-state index in [1.165, 1.54) is 24.1 Å². The first-order valence-corrected chi connectivity index (χ1v) is 13.6. The summed E-state index contributed by atoms with van der Waals surface area (Å²) in [5.74, 6) is -7.60. The molecule has 2 aromatic rings. The van der Waals surface area contributed by atoms with Gasteiger partial charge >= 0.3 is 5.97 Å². The van der Waals surface area contributed by atoms with Gasteiger partial charge < -0.3 is 35.8 Å². The Labute approximate surface area is 247 Å². The van der Waals surface area contributed by atoms with Crippen molar-refractivity contribution < 1.29 is 44.3 Å². The third kappa shape index (κ3) is 4.20. The van der Waals surface area contributed by atoms with Gasteiger partial charge in [-0.2, -0.15) is 0 Å². The zero-order valence-corrected chi connectivity index (χ0v) is 24.3. The Morgan fingerprint density at radius 2 is 1.67 bits per heavy atom. The van der Waals surface area contributed by atoms with Crippen molar-refractivity contribution >= 4 is 29.1 Å². The SMILES string of the molecule is COC(=O)c1ccc(-c2cc(N(C)C)c3c(c2O)C(=O)C2=C(O)C4(O)C(=O)C(C(N)=O)=C(O)C(N(C)C)C4CC2C3)cc1. The van der Waals surface area contributed by atoms with Gasteiger partial charge in [0, 0.05) is 36.8 Å². The van der Waals surface area contributed by atoms with Crippen LogP contribution < -0.4 is 10.6 Å². The molecule has 3 aliphatic rings. The number of aliphatic hydroxyl groups excluding tert-OH is 2. The van der Waals surface area contributed by atoms with E-state index in [2.05, 4.69) is 0 Å². The van der Waals surface area contributed by atoms with Gasteiger partial charge in [-0.05, 0) is 62.2 Å². The largest absolute Gasteiger partial charge is 0.510 e. The van der Waals surface area contributed by atoms with E-state index in [9.17, 15) is 39.6 Å². The molecular weight excluding hydrogens is 558 g/mol. The number of ketones is 2. The summed E-state index contributed by atoms with van der Waals surface area (Å²) in [7, 11) is 7.97. The van der Waals surface area contributed by atoms with E-state index in [1.807, 2.05) is 0 Å². The molecule has 0 aromatic heterocycles. The van der Waals surface area contributed by atoms with E-state index >= 15 is 0 Å². The average Bonchev–Trinajstić information content (AvgIpc) is 2.94. The number of primary amides is 1. The van der Waals surface area contributed by atoms with Crippen LogP contribution in [0.5, 0.6) is 5.75 Å². The molecule has 2 aromatic carbocycles. The molecule has 0 saturated carbocycles. The molecule has 43 heavy (non-hydrogen) atoms. The Bertz CT molecular complexity index is 1660. The summed E-state index contributed by atoms with van der Waals surface area (Å²) >= 11 is 0. The number of phenols is 1. The molecular formula is C31H33N3O9. The molecule has 0 heterocycles. The van der Waals surface area contributed by atoms with Gasteiger partial charge in [0.15, 0.2) is 11.4 Å². The van der Waals surface area contributed by atoms with Crippen molar-refractivity contribution in [2.45, 2.75) is 24.5 Å². The molecule has 0 radical (unpaired) electrons. The molecule has 4 unspecified atom stereocenters. The van der Waals surface area contributed by atoms with E-state index in [-0.39, 0.29) is 35.3 Å². The van der Waals surface area contributed by atoms with Crippen LogP contribution >= 0.6 is 0 Å². The number of likely N-dealkylation sites (N-methyl/N-ethyl adjacent to an activating group) is 1. The third-order valence-corrected chi connectivity index (χ3v) is 8.80. The van der Waals surface area contributed by atoms with Crippen LogP contribution in [0.3, 0.4) is 0 Å². The van der Waals surface area contributed by atoms with Gasteiger partial charge in [-0.3, -0.25) is 19.3 Å². The number of rotatable bonds is 5. The molecule has 4 atom stereocenters. The number of anilines is 1. The molecule has 0 aliphatic heterocycles. The number of allylic oxidation sites excluding steroid dienone is 1. The molecule has 12 heteroatoms. The predicted octanol–water partition coefficient (Wildman–Crippen LogP) is 1.64. The number of amides is 1. The van der Waals surface area contributed by atoms with Crippen LogP contribution in [0.2, 0.25) is 0 Å². The Balaban J connectivity index is 1.72. The van der Waals surface area contributed by atoms with E-state index in [1.54, 1.807) is 51.3 Å². The minimum Gasteiger partial charge on any atom is -0.510 e. The maximum absolute atomic E-state index is 14.2. The van der Waals surface area contributed by atoms with Gasteiger partial charge in [0.1, 0.15) is 22.8 Å². The number of carbonyl (C=O) groups excluding carboxylic acids is 4. The highest BCUT2D eigenvalue weighted by Gasteiger charge is 2.63.